The van der Waals surface area contributed by atoms with E-state index >= 15 is 0 Å². The molecule has 1 amide bonds. The summed E-state index contributed by atoms with van der Waals surface area (Å²) in [4.78, 5) is 12.5. The third-order valence-electron chi connectivity index (χ3n) is 5.00. The standard InChI is InChI=1S/C26H24N2O5S/c1-2-15-27-34(30,31)18-19-7-10-22(11-8-19)28-26(29)25-14-13-24(33-25)17-32-23-12-9-20-5-3-4-6-21(20)16-23/h2-14,16,27H,1,15,17-18H2,(H,28,29). The smallest absolute Gasteiger partial charge is 0.291 e. The highest BCUT2D eigenvalue weighted by Gasteiger charge is 2.13. The van der Waals surface area contributed by atoms with E-state index in [0.29, 0.717) is 22.8 Å². The van der Waals surface area contributed by atoms with Crippen molar-refractivity contribution in [3.63, 3.8) is 0 Å². The van der Waals surface area contributed by atoms with E-state index < -0.39 is 15.9 Å². The second kappa shape index (κ2) is 10.4. The maximum absolute atomic E-state index is 12.5. The van der Waals surface area contributed by atoms with Crippen LogP contribution in [-0.2, 0) is 22.4 Å². The Balaban J connectivity index is 1.32. The minimum absolute atomic E-state index is 0.150. The van der Waals surface area contributed by atoms with Gasteiger partial charge in [0.2, 0.25) is 10.0 Å². The van der Waals surface area contributed by atoms with Gasteiger partial charge in [0, 0.05) is 12.2 Å². The molecule has 0 radical (unpaired) electrons. The van der Waals surface area contributed by atoms with Gasteiger partial charge in [-0.2, -0.15) is 0 Å². The molecule has 174 valence electrons. The lowest BCUT2D eigenvalue weighted by Gasteiger charge is -2.07. The van der Waals surface area contributed by atoms with E-state index in [1.807, 2.05) is 42.5 Å². The summed E-state index contributed by atoms with van der Waals surface area (Å²) in [5, 5.41) is 4.95. The first-order valence-electron chi connectivity index (χ1n) is 10.6. The lowest BCUT2D eigenvalue weighted by molar-refractivity contribution is 0.0992. The van der Waals surface area contributed by atoms with Gasteiger partial charge in [-0.3, -0.25) is 4.79 Å². The monoisotopic (exact) mass is 476 g/mol. The Labute approximate surface area is 198 Å². The lowest BCUT2D eigenvalue weighted by atomic mass is 10.1. The second-order valence-corrected chi connectivity index (χ2v) is 9.42. The number of furan rings is 1. The quantitative estimate of drug-likeness (QED) is 0.318. The van der Waals surface area contributed by atoms with E-state index in [1.165, 1.54) is 6.08 Å². The molecule has 1 aromatic heterocycles. The summed E-state index contributed by atoms with van der Waals surface area (Å²) in [6.07, 6.45) is 1.48. The van der Waals surface area contributed by atoms with Gasteiger partial charge in [-0.25, -0.2) is 13.1 Å². The Bertz CT molecular complexity index is 1410. The van der Waals surface area contributed by atoms with Crippen LogP contribution in [0.1, 0.15) is 21.9 Å². The van der Waals surface area contributed by atoms with Crippen LogP contribution in [0, 0.1) is 0 Å². The molecule has 4 rings (SSSR count). The van der Waals surface area contributed by atoms with Crippen molar-refractivity contribution in [3.05, 3.63) is 109 Å². The number of hydrogen-bond acceptors (Lipinski definition) is 5. The van der Waals surface area contributed by atoms with Crippen molar-refractivity contribution in [1.82, 2.24) is 4.72 Å². The van der Waals surface area contributed by atoms with Crippen LogP contribution in [-0.4, -0.2) is 20.9 Å². The van der Waals surface area contributed by atoms with Crippen molar-refractivity contribution in [2.75, 3.05) is 11.9 Å². The van der Waals surface area contributed by atoms with Crippen LogP contribution in [0.5, 0.6) is 5.75 Å². The van der Waals surface area contributed by atoms with Crippen LogP contribution in [0.4, 0.5) is 5.69 Å². The largest absolute Gasteiger partial charge is 0.486 e. The molecule has 0 aliphatic carbocycles. The SMILES string of the molecule is C=CCNS(=O)(=O)Cc1ccc(NC(=O)c2ccc(COc3ccc4ccccc4c3)o2)cc1. The number of carbonyl (C=O) groups excluding carboxylic acids is 1. The van der Waals surface area contributed by atoms with Gasteiger partial charge in [0.25, 0.3) is 5.91 Å². The van der Waals surface area contributed by atoms with Gasteiger partial charge in [0.05, 0.1) is 5.75 Å². The molecule has 0 fully saturated rings. The van der Waals surface area contributed by atoms with Gasteiger partial charge in [-0.05, 0) is 52.7 Å². The average molecular weight is 477 g/mol. The fourth-order valence-corrected chi connectivity index (χ4v) is 4.43. The molecule has 0 aliphatic rings. The summed E-state index contributed by atoms with van der Waals surface area (Å²) in [7, 11) is -3.44. The highest BCUT2D eigenvalue weighted by Crippen LogP contribution is 2.22. The number of fused-ring (bicyclic) bond motifs is 1. The highest BCUT2D eigenvalue weighted by molar-refractivity contribution is 7.88. The van der Waals surface area contributed by atoms with Gasteiger partial charge in [-0.15, -0.1) is 6.58 Å². The average Bonchev–Trinajstić information content (AvgIpc) is 3.32. The zero-order valence-corrected chi connectivity index (χ0v) is 19.2. The summed E-state index contributed by atoms with van der Waals surface area (Å²) in [5.74, 6) is 0.810. The van der Waals surface area contributed by atoms with Crippen LogP contribution in [0.3, 0.4) is 0 Å². The second-order valence-electron chi connectivity index (χ2n) is 7.61. The van der Waals surface area contributed by atoms with Crippen LogP contribution in [0.15, 0.2) is 95.9 Å². The van der Waals surface area contributed by atoms with E-state index in [9.17, 15) is 13.2 Å². The Morgan fingerprint density at radius 1 is 0.971 bits per heavy atom. The summed E-state index contributed by atoms with van der Waals surface area (Å²) < 4.78 is 37.8. The zero-order chi connectivity index (χ0) is 24.0. The summed E-state index contributed by atoms with van der Waals surface area (Å²) in [6.45, 7) is 3.85. The molecule has 7 nitrogen and oxygen atoms in total. The van der Waals surface area contributed by atoms with Crippen molar-refractivity contribution in [3.8, 4) is 5.75 Å². The lowest BCUT2D eigenvalue weighted by Crippen LogP contribution is -2.25. The molecule has 0 spiro atoms. The Kier molecular flexibility index (Phi) is 7.10. The van der Waals surface area contributed by atoms with Gasteiger partial charge in [-0.1, -0.05) is 48.5 Å². The number of sulfonamides is 1. The van der Waals surface area contributed by atoms with Gasteiger partial charge >= 0.3 is 0 Å². The fourth-order valence-electron chi connectivity index (χ4n) is 3.32. The van der Waals surface area contributed by atoms with E-state index in [-0.39, 0.29) is 24.7 Å². The van der Waals surface area contributed by atoms with Gasteiger partial charge in [0.1, 0.15) is 18.1 Å². The van der Waals surface area contributed by atoms with Gasteiger partial charge in [0.15, 0.2) is 5.76 Å². The normalized spacial score (nSPS) is 11.3. The first kappa shape index (κ1) is 23.3. The Hall–Kier alpha value is -3.88. The number of anilines is 1. The van der Waals surface area contributed by atoms with Crippen molar-refractivity contribution in [2.24, 2.45) is 0 Å². The first-order chi connectivity index (χ1) is 16.4. The maximum atomic E-state index is 12.5. The summed E-state index contributed by atoms with van der Waals surface area (Å²) in [5.41, 5.74) is 1.12. The number of amides is 1. The molecule has 8 heteroatoms. The minimum atomic E-state index is -3.44. The van der Waals surface area contributed by atoms with E-state index in [1.54, 1.807) is 36.4 Å². The molecule has 0 saturated carbocycles. The molecule has 34 heavy (non-hydrogen) atoms. The minimum Gasteiger partial charge on any atom is -0.486 e. The number of nitrogens with one attached hydrogen (secondary N) is 2. The van der Waals surface area contributed by atoms with Crippen LogP contribution in [0.2, 0.25) is 0 Å². The molecule has 0 saturated heterocycles. The van der Waals surface area contributed by atoms with Gasteiger partial charge < -0.3 is 14.5 Å². The number of carbonyl (C=O) groups is 1. The van der Waals surface area contributed by atoms with Crippen molar-refractivity contribution < 1.29 is 22.4 Å². The Morgan fingerprint density at radius 3 is 2.50 bits per heavy atom. The molecule has 0 atom stereocenters. The maximum Gasteiger partial charge on any atom is 0.291 e. The molecule has 2 N–H and O–H groups in total. The number of ether oxygens (including phenoxy) is 1. The van der Waals surface area contributed by atoms with E-state index in [2.05, 4.69) is 16.6 Å². The molecule has 3 aromatic carbocycles. The number of rotatable bonds is 10. The molecule has 0 bridgehead atoms. The van der Waals surface area contributed by atoms with Crippen molar-refractivity contribution in [1.29, 1.82) is 0 Å². The van der Waals surface area contributed by atoms with E-state index in [0.717, 1.165) is 10.8 Å². The number of benzene rings is 3. The number of hydrogen-bond donors (Lipinski definition) is 2. The predicted octanol–water partition coefficient (Wildman–Crippen LogP) is 4.87. The summed E-state index contributed by atoms with van der Waals surface area (Å²) in [6, 6.07) is 23.7. The third-order valence-corrected chi connectivity index (χ3v) is 6.32. The molecule has 0 unspecified atom stereocenters. The van der Waals surface area contributed by atoms with Crippen molar-refractivity contribution in [2.45, 2.75) is 12.4 Å². The van der Waals surface area contributed by atoms with Crippen molar-refractivity contribution >= 4 is 32.4 Å². The topological polar surface area (TPSA) is 97.6 Å². The predicted molar refractivity (Wildman–Crippen MR) is 132 cm³/mol. The molecule has 1 heterocycles. The van der Waals surface area contributed by atoms with E-state index in [4.69, 9.17) is 9.15 Å². The Morgan fingerprint density at radius 2 is 1.74 bits per heavy atom. The molecular weight excluding hydrogens is 452 g/mol. The fraction of sp³-hybridized carbons (Fsp3) is 0.115. The zero-order valence-electron chi connectivity index (χ0n) is 18.4. The van der Waals surface area contributed by atoms with Crippen LogP contribution in [0.25, 0.3) is 10.8 Å². The first-order valence-corrected chi connectivity index (χ1v) is 12.3. The molecular formula is C26H24N2O5S. The molecule has 0 aliphatic heterocycles. The van der Waals surface area contributed by atoms with Crippen LogP contribution < -0.4 is 14.8 Å². The molecule has 4 aromatic rings. The highest BCUT2D eigenvalue weighted by atomic mass is 32.2. The summed E-state index contributed by atoms with van der Waals surface area (Å²) >= 11 is 0. The third kappa shape index (κ3) is 6.12. The van der Waals surface area contributed by atoms with Crippen LogP contribution >= 0.6 is 0 Å².